The minimum atomic E-state index is -0.665. The maximum Gasteiger partial charge on any atom is 0.118 e. The van der Waals surface area contributed by atoms with E-state index in [0.717, 1.165) is 17.2 Å². The predicted octanol–water partition coefficient (Wildman–Crippen LogP) is 3.47. The molecular weight excluding hydrogens is 438 g/mol. The van der Waals surface area contributed by atoms with Crippen molar-refractivity contribution in [2.75, 3.05) is 21.3 Å². The van der Waals surface area contributed by atoms with Crippen molar-refractivity contribution in [3.8, 4) is 17.2 Å². The van der Waals surface area contributed by atoms with Crippen molar-refractivity contribution < 1.29 is 34.6 Å². The average molecular weight is 459 g/mol. The number of hydrogen-bond donors (Lipinski definition) is 0. The molecule has 0 aliphatic carbocycles. The molecule has 3 aromatic carbocycles. The Bertz CT molecular complexity index is 689. The van der Waals surface area contributed by atoms with Gasteiger partial charge in [-0.25, -0.2) is 0 Å². The molecule has 3 rings (SSSR count). The van der Waals surface area contributed by atoms with Gasteiger partial charge in [-0.3, -0.25) is 0 Å². The van der Waals surface area contributed by atoms with E-state index >= 15 is 0 Å². The normalized spacial score (nSPS) is 10.2. The molecule has 0 amide bonds. The molecule has 0 aliphatic heterocycles. The number of methoxy groups -OCH3 is 3. The van der Waals surface area contributed by atoms with Gasteiger partial charge in [0, 0.05) is 20.4 Å². The molecule has 0 fully saturated rings. The van der Waals surface area contributed by atoms with E-state index in [1.54, 1.807) is 21.3 Å². The van der Waals surface area contributed by atoms with Crippen LogP contribution in [0.5, 0.6) is 17.2 Å². The Labute approximate surface area is 169 Å². The summed E-state index contributed by atoms with van der Waals surface area (Å²) in [6.07, 6.45) is 0. The second-order valence-corrected chi connectivity index (χ2v) is 7.65. The summed E-state index contributed by atoms with van der Waals surface area (Å²) in [5.74, 6) is 2.59. The zero-order valence-corrected chi connectivity index (χ0v) is 17.4. The molecule has 0 unspecified atom stereocenters. The van der Waals surface area contributed by atoms with Crippen LogP contribution in [0.15, 0.2) is 72.8 Å². The Morgan fingerprint density at radius 2 is 0.692 bits per heavy atom. The first-order valence-corrected chi connectivity index (χ1v) is 9.31. The van der Waals surface area contributed by atoms with E-state index < -0.39 is 7.92 Å². The van der Waals surface area contributed by atoms with Crippen molar-refractivity contribution in [1.29, 1.82) is 0 Å². The summed E-state index contributed by atoms with van der Waals surface area (Å²) in [7, 11) is 4.39. The summed E-state index contributed by atoms with van der Waals surface area (Å²) in [4.78, 5) is 0. The van der Waals surface area contributed by atoms with Crippen molar-refractivity contribution in [1.82, 2.24) is 0 Å². The number of hydrogen-bond acceptors (Lipinski definition) is 3. The summed E-state index contributed by atoms with van der Waals surface area (Å²) in [5, 5.41) is 3.81. The second-order valence-electron chi connectivity index (χ2n) is 5.43. The Kier molecular flexibility index (Phi) is 7.67. The molecule has 5 heteroatoms. The molecular formula is C21H21O3PPd. The first-order chi connectivity index (χ1) is 12.2. The molecule has 0 radical (unpaired) electrons. The minimum absolute atomic E-state index is 0. The monoisotopic (exact) mass is 458 g/mol. The molecule has 0 saturated heterocycles. The third kappa shape index (κ3) is 4.65. The van der Waals surface area contributed by atoms with Crippen LogP contribution in [0.2, 0.25) is 0 Å². The van der Waals surface area contributed by atoms with Gasteiger partial charge in [0.05, 0.1) is 21.3 Å². The molecule has 138 valence electrons. The molecule has 0 aliphatic rings. The van der Waals surface area contributed by atoms with Crippen LogP contribution in [0.25, 0.3) is 0 Å². The van der Waals surface area contributed by atoms with E-state index in [0.29, 0.717) is 0 Å². The zero-order valence-electron chi connectivity index (χ0n) is 14.9. The van der Waals surface area contributed by atoms with Crippen LogP contribution in [-0.4, -0.2) is 21.3 Å². The third-order valence-corrected chi connectivity index (χ3v) is 6.44. The second kappa shape index (κ2) is 9.74. The van der Waals surface area contributed by atoms with Crippen LogP contribution in [0.4, 0.5) is 0 Å². The Morgan fingerprint density at radius 3 is 0.885 bits per heavy atom. The van der Waals surface area contributed by atoms with Gasteiger partial charge in [0.25, 0.3) is 0 Å². The van der Waals surface area contributed by atoms with Gasteiger partial charge < -0.3 is 14.2 Å². The van der Waals surface area contributed by atoms with Crippen molar-refractivity contribution in [3.05, 3.63) is 72.8 Å². The van der Waals surface area contributed by atoms with Crippen LogP contribution in [-0.2, 0) is 20.4 Å². The first-order valence-electron chi connectivity index (χ1n) is 7.97. The van der Waals surface area contributed by atoms with E-state index in [1.165, 1.54) is 15.9 Å². The van der Waals surface area contributed by atoms with E-state index in [-0.39, 0.29) is 20.4 Å². The van der Waals surface area contributed by atoms with Crippen molar-refractivity contribution >= 4 is 23.8 Å². The van der Waals surface area contributed by atoms with Gasteiger partial charge in [0.1, 0.15) is 17.2 Å². The van der Waals surface area contributed by atoms with Crippen molar-refractivity contribution in [2.45, 2.75) is 0 Å². The molecule has 0 heterocycles. The molecule has 0 N–H and O–H groups in total. The smallest absolute Gasteiger partial charge is 0.118 e. The average Bonchev–Trinajstić information content (AvgIpc) is 2.70. The van der Waals surface area contributed by atoms with Gasteiger partial charge in [-0.15, -0.1) is 0 Å². The summed E-state index contributed by atoms with van der Waals surface area (Å²) in [6, 6.07) is 24.9. The SMILES string of the molecule is COc1ccc(P(c2ccc(OC)cc2)c2ccc(OC)cc2)cc1.[Pd]. The van der Waals surface area contributed by atoms with Crippen LogP contribution in [0.3, 0.4) is 0 Å². The fourth-order valence-corrected chi connectivity index (χ4v) is 4.88. The predicted molar refractivity (Wildman–Crippen MR) is 105 cm³/mol. The van der Waals surface area contributed by atoms with E-state index in [4.69, 9.17) is 14.2 Å². The van der Waals surface area contributed by atoms with Gasteiger partial charge in [-0.1, -0.05) is 36.4 Å². The number of benzene rings is 3. The number of rotatable bonds is 6. The summed E-state index contributed by atoms with van der Waals surface area (Å²) in [5.41, 5.74) is 0. The zero-order chi connectivity index (χ0) is 17.6. The summed E-state index contributed by atoms with van der Waals surface area (Å²) < 4.78 is 15.9. The molecule has 0 spiro atoms. The Hall–Kier alpha value is -1.85. The maximum absolute atomic E-state index is 5.30. The molecule has 0 saturated carbocycles. The minimum Gasteiger partial charge on any atom is -0.497 e. The van der Waals surface area contributed by atoms with E-state index in [2.05, 4.69) is 36.4 Å². The van der Waals surface area contributed by atoms with Gasteiger partial charge in [-0.05, 0) is 60.2 Å². The molecule has 26 heavy (non-hydrogen) atoms. The maximum atomic E-state index is 5.30. The van der Waals surface area contributed by atoms with Gasteiger partial charge >= 0.3 is 0 Å². The van der Waals surface area contributed by atoms with E-state index in [9.17, 15) is 0 Å². The topological polar surface area (TPSA) is 27.7 Å². The van der Waals surface area contributed by atoms with Crippen molar-refractivity contribution in [2.24, 2.45) is 0 Å². The van der Waals surface area contributed by atoms with Crippen molar-refractivity contribution in [3.63, 3.8) is 0 Å². The van der Waals surface area contributed by atoms with Crippen LogP contribution in [0, 0.1) is 0 Å². The van der Waals surface area contributed by atoms with Crippen LogP contribution >= 0.6 is 7.92 Å². The number of ether oxygens (including phenoxy) is 3. The molecule has 0 atom stereocenters. The first kappa shape index (κ1) is 20.5. The molecule has 3 nitrogen and oxygen atoms in total. The van der Waals surface area contributed by atoms with Crippen LogP contribution < -0.4 is 30.1 Å². The fourth-order valence-electron chi connectivity index (χ4n) is 2.64. The molecule has 0 aromatic heterocycles. The van der Waals surface area contributed by atoms with Crippen LogP contribution in [0.1, 0.15) is 0 Å². The van der Waals surface area contributed by atoms with Gasteiger partial charge in [-0.2, -0.15) is 0 Å². The largest absolute Gasteiger partial charge is 0.497 e. The summed E-state index contributed by atoms with van der Waals surface area (Å²) in [6.45, 7) is 0. The standard InChI is InChI=1S/C21H21O3P.Pd/c1-22-16-4-10-19(11-5-16)25(20-12-6-17(23-2)7-13-20)21-14-8-18(24-3)9-15-21;/h4-15H,1-3H3;. The fraction of sp³-hybridized carbons (Fsp3) is 0.143. The Balaban J connectivity index is 0.00000243. The molecule has 3 aromatic rings. The summed E-state index contributed by atoms with van der Waals surface area (Å²) >= 11 is 0. The van der Waals surface area contributed by atoms with E-state index in [1.807, 2.05) is 36.4 Å². The molecule has 0 bridgehead atoms. The quantitative estimate of drug-likeness (QED) is 0.418. The third-order valence-electron chi connectivity index (χ3n) is 3.99. The van der Waals surface area contributed by atoms with Gasteiger partial charge in [0.15, 0.2) is 0 Å². The Morgan fingerprint density at radius 1 is 0.462 bits per heavy atom. The van der Waals surface area contributed by atoms with Gasteiger partial charge in [0.2, 0.25) is 0 Å².